The van der Waals surface area contributed by atoms with Crippen LogP contribution in [0.25, 0.3) is 0 Å². The molecule has 0 aromatic heterocycles. The van der Waals surface area contributed by atoms with Crippen molar-refractivity contribution in [1.29, 1.82) is 0 Å². The predicted molar refractivity (Wildman–Crippen MR) is 168 cm³/mol. The Balaban J connectivity index is 1.61. The number of unbranched alkanes of at least 4 members (excludes halogenated alkanes) is 1. The maximum absolute atomic E-state index is 13.8. The largest absolute Gasteiger partial charge is 0.449 e. The van der Waals surface area contributed by atoms with Gasteiger partial charge in [0, 0.05) is 12.2 Å². The van der Waals surface area contributed by atoms with Crippen LogP contribution in [0.2, 0.25) is 0 Å². The normalized spacial score (nSPS) is 17.4. The second-order valence-corrected chi connectivity index (χ2v) is 13.6. The molecule has 0 bridgehead atoms. The van der Waals surface area contributed by atoms with E-state index in [1.165, 1.54) is 21.7 Å². The molecule has 5 rings (SSSR count). The van der Waals surface area contributed by atoms with Crippen LogP contribution in [0.5, 0.6) is 0 Å². The number of benzene rings is 4. The van der Waals surface area contributed by atoms with E-state index in [0.717, 1.165) is 19.3 Å². The van der Waals surface area contributed by atoms with Crippen LogP contribution in [0, 0.1) is 0 Å². The summed E-state index contributed by atoms with van der Waals surface area (Å²) >= 11 is 0. The van der Waals surface area contributed by atoms with Gasteiger partial charge in [-0.15, -0.1) is 9.24 Å². The number of hydrogen-bond acceptors (Lipinski definition) is 2. The molecular weight excluding hydrogens is 516 g/mol. The van der Waals surface area contributed by atoms with Crippen molar-refractivity contribution in [2.75, 3.05) is 13.2 Å². The Bertz CT molecular complexity index is 1240. The molecule has 0 radical (unpaired) electrons. The lowest BCUT2D eigenvalue weighted by molar-refractivity contribution is 0.0923. The van der Waals surface area contributed by atoms with Crippen LogP contribution in [-0.2, 0) is 9.89 Å². The van der Waals surface area contributed by atoms with Gasteiger partial charge in [-0.25, -0.2) is 4.79 Å². The number of carbonyl (C=O) groups is 1. The van der Waals surface area contributed by atoms with Gasteiger partial charge in [-0.1, -0.05) is 135 Å². The third-order valence-corrected chi connectivity index (χ3v) is 11.6. The third-order valence-electron chi connectivity index (χ3n) is 7.70. The number of rotatable bonds is 9. The lowest BCUT2D eigenvalue weighted by Crippen LogP contribution is -2.47. The molecule has 0 saturated carbocycles. The maximum atomic E-state index is 13.8. The Morgan fingerprint density at radius 1 is 0.821 bits per heavy atom. The van der Waals surface area contributed by atoms with Crippen molar-refractivity contribution in [3.8, 4) is 0 Å². The van der Waals surface area contributed by atoms with Crippen LogP contribution < -0.4 is 10.6 Å². The summed E-state index contributed by atoms with van der Waals surface area (Å²) in [6.07, 6.45) is 2.54. The fraction of sp³-hybridized carbons (Fsp3) is 0.265. The fourth-order valence-electron chi connectivity index (χ4n) is 5.75. The molecule has 0 aliphatic carbocycles. The minimum Gasteiger partial charge on any atom is -0.449 e. The van der Waals surface area contributed by atoms with Gasteiger partial charge < -0.3 is 9.64 Å². The molecule has 1 heterocycles. The van der Waals surface area contributed by atoms with E-state index in [4.69, 9.17) is 4.74 Å². The first kappa shape index (κ1) is 27.6. The first-order chi connectivity index (χ1) is 19.1. The van der Waals surface area contributed by atoms with Crippen LogP contribution in [0.15, 0.2) is 121 Å². The van der Waals surface area contributed by atoms with Crippen molar-refractivity contribution in [3.05, 3.63) is 132 Å². The predicted octanol–water partition coefficient (Wildman–Crippen LogP) is 7.32. The molecule has 1 fully saturated rings. The van der Waals surface area contributed by atoms with Gasteiger partial charge in [0.15, 0.2) is 0 Å². The number of ether oxygens (including phenoxy) is 1. The van der Waals surface area contributed by atoms with Gasteiger partial charge in [-0.3, -0.25) is 0 Å². The zero-order chi connectivity index (χ0) is 27.1. The van der Waals surface area contributed by atoms with Crippen LogP contribution in [-0.4, -0.2) is 35.8 Å². The molecular formula is C34H37NO2P2. The molecule has 3 unspecified atom stereocenters. The highest BCUT2D eigenvalue weighted by Crippen LogP contribution is 2.53. The number of likely N-dealkylation sites (tertiary alicyclic amines) is 1. The minimum absolute atomic E-state index is 0.0798. The Labute approximate surface area is 236 Å². The van der Waals surface area contributed by atoms with E-state index in [1.54, 1.807) is 0 Å². The Morgan fingerprint density at radius 2 is 1.28 bits per heavy atom. The summed E-state index contributed by atoms with van der Waals surface area (Å²) in [7, 11) is 2.49. The van der Waals surface area contributed by atoms with Gasteiger partial charge in [-0.05, 0) is 42.5 Å². The first-order valence-electron chi connectivity index (χ1n) is 13.9. The van der Waals surface area contributed by atoms with Crippen LogP contribution in [0.4, 0.5) is 4.79 Å². The molecule has 1 aliphatic heterocycles. The van der Waals surface area contributed by atoms with Crippen LogP contribution >= 0.6 is 17.2 Å². The number of amides is 1. The van der Waals surface area contributed by atoms with E-state index in [-0.39, 0.29) is 12.1 Å². The molecule has 1 aliphatic rings. The molecule has 3 nitrogen and oxygen atoms in total. The fourth-order valence-corrected chi connectivity index (χ4v) is 9.33. The van der Waals surface area contributed by atoms with Crippen molar-refractivity contribution in [2.45, 2.75) is 43.0 Å². The molecule has 4 aromatic carbocycles. The Morgan fingerprint density at radius 3 is 1.74 bits per heavy atom. The molecule has 5 heteroatoms. The summed E-state index contributed by atoms with van der Waals surface area (Å²) in [5.41, 5.74) is 2.66. The van der Waals surface area contributed by atoms with E-state index in [2.05, 4.69) is 137 Å². The maximum Gasteiger partial charge on any atom is 0.410 e. The van der Waals surface area contributed by atoms with Gasteiger partial charge in [0.2, 0.25) is 0 Å². The highest BCUT2D eigenvalue weighted by molar-refractivity contribution is 7.73. The second kappa shape index (κ2) is 12.9. The number of hydrogen-bond donors (Lipinski definition) is 0. The average Bonchev–Trinajstić information content (AvgIpc) is 3.44. The highest BCUT2D eigenvalue weighted by atomic mass is 31.1. The smallest absolute Gasteiger partial charge is 0.410 e. The lowest BCUT2D eigenvalue weighted by atomic mass is 9.82. The average molecular weight is 554 g/mol. The molecule has 0 spiro atoms. The summed E-state index contributed by atoms with van der Waals surface area (Å²) in [6, 6.07) is 42.8. The Hall–Kier alpha value is -2.99. The van der Waals surface area contributed by atoms with Crippen molar-refractivity contribution < 1.29 is 9.53 Å². The van der Waals surface area contributed by atoms with E-state index < -0.39 is 13.1 Å². The number of nitrogens with zero attached hydrogens (tertiary/aromatic N) is 1. The molecule has 4 aromatic rings. The van der Waals surface area contributed by atoms with E-state index in [1.807, 2.05) is 4.90 Å². The van der Waals surface area contributed by atoms with Gasteiger partial charge >= 0.3 is 6.09 Å². The van der Waals surface area contributed by atoms with Crippen molar-refractivity contribution in [3.63, 3.8) is 0 Å². The topological polar surface area (TPSA) is 29.5 Å². The Kier molecular flexibility index (Phi) is 9.13. The van der Waals surface area contributed by atoms with Gasteiger partial charge in [0.25, 0.3) is 0 Å². The SMILES string of the molecule is CCCCOC(=O)N1CC(P(c2ccccc2)c2ccccc2)CC1C(P)(c1ccccc1)c1ccccc1. The standard InChI is InChI=1S/C34H37NO2P2/c1-2-3-24-37-33(36)35-26-31(39(29-20-12-6-13-21-29)30-22-14-7-15-23-30)25-32(35)34(38,27-16-8-4-9-17-27)28-18-10-5-11-19-28/h4-23,31-32H,2-3,24-26,38H2,1H3. The molecule has 3 atom stereocenters. The molecule has 39 heavy (non-hydrogen) atoms. The lowest BCUT2D eigenvalue weighted by Gasteiger charge is -2.41. The first-order valence-corrected chi connectivity index (χ1v) is 15.8. The van der Waals surface area contributed by atoms with E-state index >= 15 is 0 Å². The number of carbonyl (C=O) groups excluding carboxylic acids is 1. The molecule has 200 valence electrons. The monoisotopic (exact) mass is 553 g/mol. The van der Waals surface area contributed by atoms with E-state index in [0.29, 0.717) is 18.8 Å². The van der Waals surface area contributed by atoms with Gasteiger partial charge in [-0.2, -0.15) is 0 Å². The molecule has 1 amide bonds. The minimum atomic E-state index is -0.690. The summed E-state index contributed by atoms with van der Waals surface area (Å²) in [5, 5.41) is 2.21. The quantitative estimate of drug-likeness (QED) is 0.161. The second-order valence-electron chi connectivity index (χ2n) is 10.2. The van der Waals surface area contributed by atoms with Crippen LogP contribution in [0.1, 0.15) is 37.3 Å². The summed E-state index contributed by atoms with van der Waals surface area (Å²) < 4.78 is 5.89. The van der Waals surface area contributed by atoms with Crippen molar-refractivity contribution in [2.24, 2.45) is 0 Å². The van der Waals surface area contributed by atoms with E-state index in [9.17, 15) is 4.79 Å². The zero-order valence-corrected chi connectivity index (χ0v) is 24.6. The van der Waals surface area contributed by atoms with Crippen molar-refractivity contribution in [1.82, 2.24) is 4.90 Å². The zero-order valence-electron chi connectivity index (χ0n) is 22.5. The van der Waals surface area contributed by atoms with Gasteiger partial charge in [0.05, 0.1) is 17.8 Å². The van der Waals surface area contributed by atoms with Crippen molar-refractivity contribution >= 4 is 33.9 Å². The van der Waals surface area contributed by atoms with Gasteiger partial charge in [0.1, 0.15) is 0 Å². The molecule has 0 N–H and O–H groups in total. The third kappa shape index (κ3) is 5.96. The molecule has 1 saturated heterocycles. The highest BCUT2D eigenvalue weighted by Gasteiger charge is 2.50. The van der Waals surface area contributed by atoms with Crippen LogP contribution in [0.3, 0.4) is 0 Å². The summed E-state index contributed by atoms with van der Waals surface area (Å²) in [6.45, 7) is 3.24. The summed E-state index contributed by atoms with van der Waals surface area (Å²) in [4.78, 5) is 15.8. The summed E-state index contributed by atoms with van der Waals surface area (Å²) in [5.74, 6) is 0.